The van der Waals surface area contributed by atoms with Gasteiger partial charge in [-0.3, -0.25) is 19.2 Å². The number of para-hydroxylation sites is 1. The van der Waals surface area contributed by atoms with Crippen molar-refractivity contribution in [3.63, 3.8) is 0 Å². The third-order valence-electron chi connectivity index (χ3n) is 7.14. The van der Waals surface area contributed by atoms with E-state index in [0.29, 0.717) is 12.1 Å². The van der Waals surface area contributed by atoms with Crippen LogP contribution in [0.5, 0.6) is 0 Å². The van der Waals surface area contributed by atoms with Gasteiger partial charge in [0.1, 0.15) is 18.1 Å². The number of carboxylic acid groups (broad SMARTS) is 2. The normalized spacial score (nSPS) is 17.1. The van der Waals surface area contributed by atoms with Crippen molar-refractivity contribution in [2.75, 3.05) is 6.54 Å². The summed E-state index contributed by atoms with van der Waals surface area (Å²) in [6.07, 6.45) is 4.90. The van der Waals surface area contributed by atoms with Gasteiger partial charge in [0.25, 0.3) is 0 Å². The largest absolute Gasteiger partial charge is 0.481 e. The molecule has 1 aromatic carbocycles. The molecule has 0 bridgehead atoms. The molecule has 4 unspecified atom stereocenters. The van der Waals surface area contributed by atoms with Gasteiger partial charge in [-0.1, -0.05) is 18.2 Å². The second kappa shape index (κ2) is 13.1. The fraction of sp³-hybridized carbons (Fsp3) is 0.407. The smallest absolute Gasteiger partial charge is 0.326 e. The van der Waals surface area contributed by atoms with Crippen LogP contribution in [-0.2, 0) is 36.8 Å². The SMILES string of the molecule is NC(Cc1c[nH]c2ccccc12)C(=O)NC(CCC(=O)O)C(=O)N1CCCC1C(=O)NC(Cc1cnc[nH]1)C(=O)O. The average Bonchev–Trinajstić information content (AvgIpc) is 3.71. The molecule has 3 aromatic rings. The Balaban J connectivity index is 1.43. The Bertz CT molecular complexity index is 1400. The van der Waals surface area contributed by atoms with Gasteiger partial charge in [0, 0.05) is 48.4 Å². The monoisotopic (exact) mass is 567 g/mol. The Hall–Kier alpha value is -4.72. The quantitative estimate of drug-likeness (QED) is 0.146. The fourth-order valence-electron chi connectivity index (χ4n) is 5.02. The molecule has 1 aliphatic rings. The van der Waals surface area contributed by atoms with E-state index >= 15 is 0 Å². The van der Waals surface area contributed by atoms with Gasteiger partial charge in [0.05, 0.1) is 12.4 Å². The molecule has 0 spiro atoms. The maximum atomic E-state index is 13.6. The highest BCUT2D eigenvalue weighted by atomic mass is 16.4. The van der Waals surface area contributed by atoms with Crippen LogP contribution < -0.4 is 16.4 Å². The Morgan fingerprint density at radius 3 is 2.56 bits per heavy atom. The molecule has 0 radical (unpaired) electrons. The first-order chi connectivity index (χ1) is 19.6. The molecule has 1 aliphatic heterocycles. The fourth-order valence-corrected chi connectivity index (χ4v) is 5.02. The van der Waals surface area contributed by atoms with Crippen molar-refractivity contribution in [3.05, 3.63) is 54.2 Å². The molecule has 1 fully saturated rings. The predicted octanol–water partition coefficient (Wildman–Crippen LogP) is -0.0865. The number of nitrogens with zero attached hydrogens (tertiary/aromatic N) is 2. The number of carbonyl (C=O) groups is 5. The molecular weight excluding hydrogens is 534 g/mol. The van der Waals surface area contributed by atoms with Crippen LogP contribution in [0.15, 0.2) is 43.0 Å². The predicted molar refractivity (Wildman–Crippen MR) is 145 cm³/mol. The Labute approximate surface area is 234 Å². The van der Waals surface area contributed by atoms with Crippen molar-refractivity contribution in [1.82, 2.24) is 30.5 Å². The highest BCUT2D eigenvalue weighted by Gasteiger charge is 2.39. The minimum atomic E-state index is -1.26. The molecule has 3 heterocycles. The zero-order valence-electron chi connectivity index (χ0n) is 22.2. The second-order valence-corrected chi connectivity index (χ2v) is 10.0. The molecule has 0 saturated carbocycles. The third kappa shape index (κ3) is 7.28. The minimum Gasteiger partial charge on any atom is -0.481 e. The lowest BCUT2D eigenvalue weighted by atomic mass is 10.0. The minimum absolute atomic E-state index is 0.0344. The van der Waals surface area contributed by atoms with Crippen LogP contribution in [0.1, 0.15) is 36.9 Å². The number of H-pyrrole nitrogens is 2. The van der Waals surface area contributed by atoms with Crippen molar-refractivity contribution >= 4 is 40.6 Å². The summed E-state index contributed by atoms with van der Waals surface area (Å²) in [7, 11) is 0. The highest BCUT2D eigenvalue weighted by Crippen LogP contribution is 2.21. The van der Waals surface area contributed by atoms with E-state index in [9.17, 15) is 34.2 Å². The van der Waals surface area contributed by atoms with Crippen LogP contribution in [0.4, 0.5) is 0 Å². The van der Waals surface area contributed by atoms with Crippen molar-refractivity contribution in [1.29, 1.82) is 0 Å². The number of imidazole rings is 1. The lowest BCUT2D eigenvalue weighted by Crippen LogP contribution is -2.57. The number of hydrogen-bond acceptors (Lipinski definition) is 7. The first kappa shape index (κ1) is 29.3. The number of amides is 3. The second-order valence-electron chi connectivity index (χ2n) is 10.0. The summed E-state index contributed by atoms with van der Waals surface area (Å²) in [4.78, 5) is 73.8. The number of rotatable bonds is 13. The number of hydrogen-bond donors (Lipinski definition) is 7. The average molecular weight is 568 g/mol. The number of fused-ring (bicyclic) bond motifs is 1. The van der Waals surface area contributed by atoms with Crippen LogP contribution >= 0.6 is 0 Å². The number of nitrogens with two attached hydrogens (primary N) is 1. The van der Waals surface area contributed by atoms with Gasteiger partial charge in [-0.05, 0) is 37.3 Å². The molecule has 0 aliphatic carbocycles. The summed E-state index contributed by atoms with van der Waals surface area (Å²) in [5, 5.41) is 24.8. The van der Waals surface area contributed by atoms with Gasteiger partial charge in [-0.2, -0.15) is 0 Å². The molecule has 14 heteroatoms. The molecule has 4 rings (SSSR count). The first-order valence-corrected chi connectivity index (χ1v) is 13.3. The van der Waals surface area contributed by atoms with Crippen molar-refractivity contribution in [2.45, 2.75) is 62.7 Å². The summed E-state index contributed by atoms with van der Waals surface area (Å²) in [5.74, 6) is -4.32. The van der Waals surface area contributed by atoms with E-state index < -0.39 is 60.2 Å². The van der Waals surface area contributed by atoms with E-state index in [0.717, 1.165) is 16.5 Å². The number of benzene rings is 1. The lowest BCUT2D eigenvalue weighted by Gasteiger charge is -2.29. The molecule has 8 N–H and O–H groups in total. The maximum Gasteiger partial charge on any atom is 0.326 e. The molecular formula is C27H33N7O7. The van der Waals surface area contributed by atoms with Crippen molar-refractivity contribution in [3.8, 4) is 0 Å². The number of likely N-dealkylation sites (tertiary alicyclic amines) is 1. The first-order valence-electron chi connectivity index (χ1n) is 13.3. The van der Waals surface area contributed by atoms with E-state index in [1.54, 1.807) is 6.20 Å². The number of aromatic nitrogens is 3. The van der Waals surface area contributed by atoms with E-state index in [1.165, 1.54) is 17.4 Å². The van der Waals surface area contributed by atoms with Crippen molar-refractivity contribution < 1.29 is 34.2 Å². The third-order valence-corrected chi connectivity index (χ3v) is 7.14. The van der Waals surface area contributed by atoms with Crippen LogP contribution in [0.3, 0.4) is 0 Å². The Morgan fingerprint density at radius 1 is 1.07 bits per heavy atom. The van der Waals surface area contributed by atoms with E-state index in [-0.39, 0.29) is 32.2 Å². The van der Waals surface area contributed by atoms with Gasteiger partial charge in [-0.15, -0.1) is 0 Å². The Morgan fingerprint density at radius 2 is 1.85 bits per heavy atom. The van der Waals surface area contributed by atoms with Gasteiger partial charge >= 0.3 is 11.9 Å². The molecule has 1 saturated heterocycles. The van der Waals surface area contributed by atoms with E-state index in [1.807, 2.05) is 24.3 Å². The molecule has 218 valence electrons. The van der Waals surface area contributed by atoms with Crippen molar-refractivity contribution in [2.24, 2.45) is 5.73 Å². The molecule has 14 nitrogen and oxygen atoms in total. The number of aliphatic carboxylic acids is 2. The van der Waals surface area contributed by atoms with Crippen LogP contribution in [-0.4, -0.2) is 90.4 Å². The number of carbonyl (C=O) groups excluding carboxylic acids is 3. The van der Waals surface area contributed by atoms with Gasteiger partial charge < -0.3 is 41.4 Å². The van der Waals surface area contributed by atoms with Gasteiger partial charge in [0.2, 0.25) is 17.7 Å². The lowest BCUT2D eigenvalue weighted by molar-refractivity contribution is -0.145. The van der Waals surface area contributed by atoms with Crippen LogP contribution in [0, 0.1) is 0 Å². The molecule has 4 atom stereocenters. The van der Waals surface area contributed by atoms with E-state index in [4.69, 9.17) is 5.73 Å². The van der Waals surface area contributed by atoms with Gasteiger partial charge in [-0.25, -0.2) is 9.78 Å². The summed E-state index contributed by atoms with van der Waals surface area (Å²) >= 11 is 0. The topological polar surface area (TPSA) is 224 Å². The molecule has 2 aromatic heterocycles. The molecule has 3 amide bonds. The van der Waals surface area contributed by atoms with Gasteiger partial charge in [0.15, 0.2) is 0 Å². The zero-order valence-corrected chi connectivity index (χ0v) is 22.2. The van der Waals surface area contributed by atoms with E-state index in [2.05, 4.69) is 25.6 Å². The summed E-state index contributed by atoms with van der Waals surface area (Å²) in [6.45, 7) is 0.191. The standard InChI is InChI=1S/C27H33N7O7/c28-18(10-15-12-30-19-5-2-1-4-17(15)19)24(37)32-20(7-8-23(35)36)26(39)34-9-3-6-22(34)25(38)33-21(27(40)41)11-16-13-29-14-31-16/h1-2,4-5,12-14,18,20-22,30H,3,6-11,28H2,(H,29,31)(H,32,37)(H,33,38)(H,35,36)(H,40,41). The van der Waals surface area contributed by atoms with Crippen LogP contribution in [0.2, 0.25) is 0 Å². The Kier molecular flexibility index (Phi) is 9.34. The maximum absolute atomic E-state index is 13.6. The highest BCUT2D eigenvalue weighted by molar-refractivity contribution is 5.95. The zero-order chi connectivity index (χ0) is 29.5. The molecule has 41 heavy (non-hydrogen) atoms. The summed E-state index contributed by atoms with van der Waals surface area (Å²) < 4.78 is 0. The van der Waals surface area contributed by atoms with Crippen LogP contribution in [0.25, 0.3) is 10.9 Å². The number of carboxylic acids is 2. The summed E-state index contributed by atoms with van der Waals surface area (Å²) in [5.41, 5.74) is 8.39. The summed E-state index contributed by atoms with van der Waals surface area (Å²) in [6, 6.07) is 3.04. The number of aromatic amines is 2. The number of nitrogens with one attached hydrogen (secondary N) is 4.